The number of amides is 2. The van der Waals surface area contributed by atoms with E-state index in [1.54, 1.807) is 32.0 Å². The molecule has 0 unspecified atom stereocenters. The van der Waals surface area contributed by atoms with Crippen molar-refractivity contribution in [3.05, 3.63) is 35.7 Å². The molecule has 0 spiro atoms. The second kappa shape index (κ2) is 5.44. The molecule has 0 saturated carbocycles. The molecule has 0 saturated heterocycles. The van der Waals surface area contributed by atoms with Gasteiger partial charge in [-0.25, -0.2) is 13.2 Å². The zero-order valence-corrected chi connectivity index (χ0v) is 12.3. The van der Waals surface area contributed by atoms with Gasteiger partial charge >= 0.3 is 6.03 Å². The van der Waals surface area contributed by atoms with Crippen molar-refractivity contribution in [1.29, 1.82) is 0 Å². The highest BCUT2D eigenvalue weighted by molar-refractivity contribution is 7.92. The lowest BCUT2D eigenvalue weighted by Gasteiger charge is -2.09. The number of nitrogens with one attached hydrogen (secondary N) is 3. The summed E-state index contributed by atoms with van der Waals surface area (Å²) in [6, 6.07) is 5.49. The number of carbonyl (C=O) groups excluding carboxylic acids is 1. The fourth-order valence-corrected chi connectivity index (χ4v) is 3.37. The molecule has 1 aromatic carbocycles. The van der Waals surface area contributed by atoms with Crippen LogP contribution >= 0.6 is 0 Å². The first-order chi connectivity index (χ1) is 9.79. The molecule has 9 heteroatoms. The van der Waals surface area contributed by atoms with Crippen LogP contribution in [0.2, 0.25) is 0 Å². The van der Waals surface area contributed by atoms with E-state index in [1.807, 2.05) is 0 Å². The van der Waals surface area contributed by atoms with Gasteiger partial charge in [-0.15, -0.1) is 0 Å². The van der Waals surface area contributed by atoms with Crippen LogP contribution in [-0.4, -0.2) is 24.6 Å². The highest BCUT2D eigenvalue weighted by atomic mass is 32.2. The van der Waals surface area contributed by atoms with Crippen molar-refractivity contribution in [2.75, 3.05) is 10.0 Å². The summed E-state index contributed by atoms with van der Waals surface area (Å²) in [6.07, 6.45) is 0. The summed E-state index contributed by atoms with van der Waals surface area (Å²) < 4.78 is 27.1. The van der Waals surface area contributed by atoms with E-state index in [2.05, 4.69) is 20.2 Å². The number of hydrogen-bond donors (Lipinski definition) is 4. The molecule has 8 nitrogen and oxygen atoms in total. The highest BCUT2D eigenvalue weighted by Crippen LogP contribution is 2.22. The van der Waals surface area contributed by atoms with Crippen LogP contribution in [0, 0.1) is 13.8 Å². The Kier molecular flexibility index (Phi) is 3.85. The largest absolute Gasteiger partial charge is 0.351 e. The van der Waals surface area contributed by atoms with Crippen molar-refractivity contribution in [2.24, 2.45) is 5.73 Å². The third kappa shape index (κ3) is 3.31. The van der Waals surface area contributed by atoms with Gasteiger partial charge in [-0.1, -0.05) is 6.07 Å². The Bertz CT molecular complexity index is 762. The Morgan fingerprint density at radius 1 is 1.29 bits per heavy atom. The maximum Gasteiger partial charge on any atom is 0.316 e. The zero-order chi connectivity index (χ0) is 15.6. The van der Waals surface area contributed by atoms with Crippen molar-refractivity contribution in [2.45, 2.75) is 18.7 Å². The molecule has 2 aromatic rings. The van der Waals surface area contributed by atoms with E-state index in [1.165, 1.54) is 6.07 Å². The topological polar surface area (TPSA) is 130 Å². The number of sulfonamides is 1. The molecule has 21 heavy (non-hydrogen) atoms. The number of primary amides is 1. The summed E-state index contributed by atoms with van der Waals surface area (Å²) in [5.74, 6) is 0. The zero-order valence-electron chi connectivity index (χ0n) is 11.5. The Morgan fingerprint density at radius 3 is 2.52 bits per heavy atom. The average Bonchev–Trinajstić information content (AvgIpc) is 2.68. The Balaban J connectivity index is 2.31. The lowest BCUT2D eigenvalue weighted by Crippen LogP contribution is -2.19. The van der Waals surface area contributed by atoms with E-state index in [-0.39, 0.29) is 4.90 Å². The molecule has 0 radical (unpaired) electrons. The Hall–Kier alpha value is -2.55. The smallest absolute Gasteiger partial charge is 0.316 e. The van der Waals surface area contributed by atoms with Gasteiger partial charge in [0, 0.05) is 5.69 Å². The van der Waals surface area contributed by atoms with Crippen LogP contribution in [-0.2, 0) is 10.0 Å². The van der Waals surface area contributed by atoms with E-state index in [0.717, 1.165) is 0 Å². The van der Waals surface area contributed by atoms with Gasteiger partial charge in [0.15, 0.2) is 0 Å². The van der Waals surface area contributed by atoms with Gasteiger partial charge in [-0.05, 0) is 32.0 Å². The first-order valence-electron chi connectivity index (χ1n) is 6.00. The van der Waals surface area contributed by atoms with Crippen LogP contribution in [0.3, 0.4) is 0 Å². The molecule has 1 heterocycles. The van der Waals surface area contributed by atoms with Crippen LogP contribution in [0.1, 0.15) is 11.4 Å². The van der Waals surface area contributed by atoms with Crippen molar-refractivity contribution in [3.63, 3.8) is 0 Å². The number of aryl methyl sites for hydroxylation is 2. The number of hydrogen-bond acceptors (Lipinski definition) is 4. The van der Waals surface area contributed by atoms with Crippen LogP contribution in [0.15, 0.2) is 29.2 Å². The lowest BCUT2D eigenvalue weighted by atomic mass is 10.3. The molecule has 1 aromatic heterocycles. The predicted molar refractivity (Wildman–Crippen MR) is 78.5 cm³/mol. The predicted octanol–water partition coefficient (Wildman–Crippen LogP) is 1.32. The van der Waals surface area contributed by atoms with E-state index in [9.17, 15) is 13.2 Å². The molecule has 0 aliphatic carbocycles. The van der Waals surface area contributed by atoms with Gasteiger partial charge in [-0.3, -0.25) is 9.82 Å². The molecule has 0 aliphatic heterocycles. The summed E-state index contributed by atoms with van der Waals surface area (Å²) in [4.78, 5) is 10.9. The first-order valence-corrected chi connectivity index (χ1v) is 7.49. The number of aromatic nitrogens is 2. The maximum atomic E-state index is 12.4. The van der Waals surface area contributed by atoms with E-state index in [0.29, 0.717) is 22.8 Å². The minimum Gasteiger partial charge on any atom is -0.351 e. The van der Waals surface area contributed by atoms with Gasteiger partial charge in [-0.2, -0.15) is 5.10 Å². The molecule has 0 fully saturated rings. The third-order valence-electron chi connectivity index (χ3n) is 2.71. The molecule has 5 N–H and O–H groups in total. The van der Waals surface area contributed by atoms with Crippen molar-refractivity contribution < 1.29 is 13.2 Å². The molecule has 112 valence electrons. The molecule has 2 rings (SSSR count). The van der Waals surface area contributed by atoms with Gasteiger partial charge < -0.3 is 11.1 Å². The minimum absolute atomic E-state index is 0.107. The fourth-order valence-electron chi connectivity index (χ4n) is 1.95. The van der Waals surface area contributed by atoms with Crippen molar-refractivity contribution in [1.82, 2.24) is 10.2 Å². The number of urea groups is 1. The van der Waals surface area contributed by atoms with E-state index < -0.39 is 16.1 Å². The number of rotatable bonds is 4. The summed E-state index contributed by atoms with van der Waals surface area (Å²) in [5.41, 5.74) is 6.55. The van der Waals surface area contributed by atoms with Crippen LogP contribution in [0.25, 0.3) is 0 Å². The summed E-state index contributed by atoms with van der Waals surface area (Å²) >= 11 is 0. The summed E-state index contributed by atoms with van der Waals surface area (Å²) in [5, 5.41) is 8.86. The van der Waals surface area contributed by atoms with Crippen molar-refractivity contribution >= 4 is 27.4 Å². The number of nitrogens with two attached hydrogens (primary N) is 1. The quantitative estimate of drug-likeness (QED) is 0.678. The van der Waals surface area contributed by atoms with Gasteiger partial charge in [0.1, 0.15) is 4.90 Å². The number of H-pyrrole nitrogens is 1. The standard InChI is InChI=1S/C12H15N5O3S/c1-7-11(8(2)16-15-7)21(19,20)17-10-5-3-4-9(6-10)14-12(13)18/h3-6,17H,1-2H3,(H,15,16)(H3,13,14,18). The number of anilines is 2. The van der Waals surface area contributed by atoms with Crippen molar-refractivity contribution in [3.8, 4) is 0 Å². The Morgan fingerprint density at radius 2 is 1.95 bits per heavy atom. The van der Waals surface area contributed by atoms with Crippen LogP contribution in [0.5, 0.6) is 0 Å². The van der Waals surface area contributed by atoms with E-state index in [4.69, 9.17) is 5.73 Å². The minimum atomic E-state index is -3.76. The molecule has 0 aliphatic rings. The SMILES string of the molecule is Cc1n[nH]c(C)c1S(=O)(=O)Nc1cccc(NC(N)=O)c1. The summed E-state index contributed by atoms with van der Waals surface area (Å²) in [6.45, 7) is 3.22. The molecular weight excluding hydrogens is 294 g/mol. The number of benzene rings is 1. The fraction of sp³-hybridized carbons (Fsp3) is 0.167. The summed E-state index contributed by atoms with van der Waals surface area (Å²) in [7, 11) is -3.76. The highest BCUT2D eigenvalue weighted by Gasteiger charge is 2.22. The number of nitrogens with zero attached hydrogens (tertiary/aromatic N) is 1. The normalized spacial score (nSPS) is 11.1. The first kappa shape index (κ1) is 14.9. The third-order valence-corrected chi connectivity index (χ3v) is 4.36. The molecule has 0 bridgehead atoms. The van der Waals surface area contributed by atoms with Gasteiger partial charge in [0.25, 0.3) is 10.0 Å². The maximum absolute atomic E-state index is 12.4. The number of aromatic amines is 1. The lowest BCUT2D eigenvalue weighted by molar-refractivity contribution is 0.259. The van der Waals surface area contributed by atoms with Crippen LogP contribution in [0.4, 0.5) is 16.2 Å². The second-order valence-electron chi connectivity index (χ2n) is 4.44. The number of carbonyl (C=O) groups is 1. The second-order valence-corrected chi connectivity index (χ2v) is 6.06. The van der Waals surface area contributed by atoms with Gasteiger partial charge in [0.2, 0.25) is 0 Å². The van der Waals surface area contributed by atoms with Crippen LogP contribution < -0.4 is 15.8 Å². The monoisotopic (exact) mass is 309 g/mol. The average molecular weight is 309 g/mol. The molecule has 2 amide bonds. The Labute approximate surface area is 121 Å². The molecular formula is C12H15N5O3S. The molecule has 0 atom stereocenters. The van der Waals surface area contributed by atoms with Gasteiger partial charge in [0.05, 0.1) is 17.1 Å². The van der Waals surface area contributed by atoms with E-state index >= 15 is 0 Å².